The summed E-state index contributed by atoms with van der Waals surface area (Å²) in [6.45, 7) is 11.7. The van der Waals surface area contributed by atoms with Crippen LogP contribution in [0.2, 0.25) is 0 Å². The largest absolute Gasteiger partial charge is 0.121 e. The van der Waals surface area contributed by atoms with Crippen LogP contribution in [0.3, 0.4) is 0 Å². The Hall–Kier alpha value is -2.47. The van der Waals surface area contributed by atoms with Crippen LogP contribution < -0.4 is 0 Å². The van der Waals surface area contributed by atoms with Crippen molar-refractivity contribution in [3.63, 3.8) is 0 Å². The first-order valence-corrected chi connectivity index (χ1v) is 10.4. The molecular weight excluding hydrogens is 336 g/mol. The minimum absolute atomic E-state index is 0.0000479. The van der Waals surface area contributed by atoms with Crippen molar-refractivity contribution in [2.75, 3.05) is 0 Å². The highest BCUT2D eigenvalue weighted by Crippen LogP contribution is 2.43. The van der Waals surface area contributed by atoms with E-state index in [4.69, 9.17) is 0 Å². The summed E-state index contributed by atoms with van der Waals surface area (Å²) in [5, 5.41) is 0. The van der Waals surface area contributed by atoms with Crippen molar-refractivity contribution < 1.29 is 0 Å². The van der Waals surface area contributed by atoms with Crippen LogP contribution in [0, 0.1) is 11.3 Å². The summed E-state index contributed by atoms with van der Waals surface area (Å²) in [6, 6.07) is 30.9. The molecule has 0 nitrogen and oxygen atoms in total. The molecule has 0 bridgehead atoms. The lowest BCUT2D eigenvalue weighted by molar-refractivity contribution is 0.260. The Bertz CT molecular complexity index is 859. The molecule has 3 aromatic rings. The van der Waals surface area contributed by atoms with E-state index in [0.29, 0.717) is 0 Å². The van der Waals surface area contributed by atoms with E-state index < -0.39 is 0 Å². The number of hydrogen-bond donors (Lipinski definition) is 0. The zero-order chi connectivity index (χ0) is 20.2. The first-order valence-electron chi connectivity index (χ1n) is 10.4. The summed E-state index contributed by atoms with van der Waals surface area (Å²) >= 11 is 0. The van der Waals surface area contributed by atoms with Gasteiger partial charge in [-0.25, -0.2) is 0 Å². The Labute approximate surface area is 171 Å². The Morgan fingerprint density at radius 3 is 1.64 bits per heavy atom. The minimum atomic E-state index is -0.0000479. The van der Waals surface area contributed by atoms with E-state index in [1.54, 1.807) is 0 Å². The molecule has 3 rings (SSSR count). The van der Waals surface area contributed by atoms with Gasteiger partial charge in [-0.05, 0) is 17.4 Å². The molecule has 1 unspecified atom stereocenters. The van der Waals surface area contributed by atoms with Crippen LogP contribution in [-0.4, -0.2) is 0 Å². The van der Waals surface area contributed by atoms with Crippen molar-refractivity contribution in [3.05, 3.63) is 113 Å². The summed E-state index contributed by atoms with van der Waals surface area (Å²) in [5.41, 5.74) is 5.65. The highest BCUT2D eigenvalue weighted by Gasteiger charge is 2.34. The van der Waals surface area contributed by atoms with Crippen molar-refractivity contribution in [3.8, 4) is 0 Å². The maximum absolute atomic E-state index is 2.41. The van der Waals surface area contributed by atoms with Crippen LogP contribution >= 0.6 is 0 Å². The molecule has 0 N–H and O–H groups in total. The number of rotatable bonds is 7. The van der Waals surface area contributed by atoms with Crippen LogP contribution in [0.25, 0.3) is 0 Å². The fourth-order valence-electron chi connectivity index (χ4n) is 4.20. The molecule has 0 saturated carbocycles. The van der Waals surface area contributed by atoms with E-state index in [-0.39, 0.29) is 10.8 Å². The average Bonchev–Trinajstić information content (AvgIpc) is 2.74. The summed E-state index contributed by atoms with van der Waals surface area (Å²) < 4.78 is 0. The zero-order valence-corrected chi connectivity index (χ0v) is 18.0. The molecule has 0 aromatic heterocycles. The average molecular weight is 370 g/mol. The Kier molecular flexibility index (Phi) is 5.98. The molecule has 0 amide bonds. The molecule has 0 saturated heterocycles. The molecular formula is C28H33-. The molecule has 0 heteroatoms. The minimum Gasteiger partial charge on any atom is -0.121 e. The quantitative estimate of drug-likeness (QED) is 0.372. The van der Waals surface area contributed by atoms with Gasteiger partial charge in [0.05, 0.1) is 0 Å². The number of benzene rings is 3. The highest BCUT2D eigenvalue weighted by molar-refractivity contribution is 5.47. The maximum atomic E-state index is 2.41. The Balaban J connectivity index is 1.97. The lowest BCUT2D eigenvalue weighted by atomic mass is 9.65. The van der Waals surface area contributed by atoms with Crippen LogP contribution in [0.1, 0.15) is 69.7 Å². The van der Waals surface area contributed by atoms with E-state index in [1.165, 1.54) is 34.6 Å². The fourth-order valence-corrected chi connectivity index (χ4v) is 4.20. The van der Waals surface area contributed by atoms with E-state index in [1.807, 2.05) is 0 Å². The Morgan fingerprint density at radius 1 is 0.643 bits per heavy atom. The van der Waals surface area contributed by atoms with Crippen LogP contribution in [0.4, 0.5) is 0 Å². The third kappa shape index (κ3) is 4.33. The van der Waals surface area contributed by atoms with E-state index in [2.05, 4.69) is 120 Å². The first kappa shape index (κ1) is 20.3. The predicted octanol–water partition coefficient (Wildman–Crippen LogP) is 7.81. The molecule has 146 valence electrons. The van der Waals surface area contributed by atoms with Crippen molar-refractivity contribution in [1.82, 2.24) is 0 Å². The van der Waals surface area contributed by atoms with Gasteiger partial charge >= 0.3 is 0 Å². The normalized spacial score (nSPS) is 13.8. The molecule has 3 aromatic carbocycles. The third-order valence-electron chi connectivity index (χ3n) is 6.36. The summed E-state index contributed by atoms with van der Waals surface area (Å²) in [5.74, 6) is 1.32. The van der Waals surface area contributed by atoms with Gasteiger partial charge in [0.25, 0.3) is 0 Å². The lowest BCUT2D eigenvalue weighted by Gasteiger charge is -2.39. The van der Waals surface area contributed by atoms with Gasteiger partial charge < -0.3 is 0 Å². The van der Waals surface area contributed by atoms with Crippen molar-refractivity contribution in [2.45, 2.75) is 52.9 Å². The van der Waals surface area contributed by atoms with Gasteiger partial charge in [-0.3, -0.25) is 0 Å². The van der Waals surface area contributed by atoms with E-state index in [9.17, 15) is 0 Å². The molecule has 1 atom stereocenters. The van der Waals surface area contributed by atoms with Gasteiger partial charge in [-0.2, -0.15) is 0 Å². The van der Waals surface area contributed by atoms with Crippen LogP contribution in [-0.2, 0) is 5.41 Å². The third-order valence-corrected chi connectivity index (χ3v) is 6.36. The Morgan fingerprint density at radius 2 is 1.11 bits per heavy atom. The SMILES string of the molecule is CCC(C)(C)CC(C)(c1ccccc1)c1ccc([C-](C)c2ccccc2)cc1. The van der Waals surface area contributed by atoms with Gasteiger partial charge in [0.2, 0.25) is 0 Å². The molecule has 0 radical (unpaired) electrons. The summed E-state index contributed by atoms with van der Waals surface area (Å²) in [4.78, 5) is 0. The molecule has 0 aliphatic carbocycles. The highest BCUT2D eigenvalue weighted by atomic mass is 14.4. The lowest BCUT2D eigenvalue weighted by Crippen LogP contribution is -2.30. The van der Waals surface area contributed by atoms with Crippen molar-refractivity contribution in [1.29, 1.82) is 0 Å². The molecule has 0 aliphatic rings. The zero-order valence-electron chi connectivity index (χ0n) is 18.0. The van der Waals surface area contributed by atoms with Crippen molar-refractivity contribution >= 4 is 0 Å². The predicted molar refractivity (Wildman–Crippen MR) is 122 cm³/mol. The van der Waals surface area contributed by atoms with Gasteiger partial charge in [0.1, 0.15) is 0 Å². The van der Waals surface area contributed by atoms with Gasteiger partial charge in [0.15, 0.2) is 0 Å². The fraction of sp³-hybridized carbons (Fsp3) is 0.321. The van der Waals surface area contributed by atoms with Gasteiger partial charge in [0, 0.05) is 5.41 Å². The smallest absolute Gasteiger partial charge is 0.0167 e. The topological polar surface area (TPSA) is 0 Å². The second-order valence-electron chi connectivity index (χ2n) is 8.96. The standard InChI is InChI=1S/C28H33/c1-6-27(3,4)21-28(5,25-15-11-8-12-16-25)26-19-17-24(18-20-26)22(2)23-13-9-7-10-14-23/h7-20H,6,21H2,1-5H3/q-1. The molecule has 0 heterocycles. The molecule has 0 fully saturated rings. The van der Waals surface area contributed by atoms with Gasteiger partial charge in [-0.1, -0.05) is 107 Å². The van der Waals surface area contributed by atoms with Gasteiger partial charge in [-0.15, -0.1) is 41.3 Å². The summed E-state index contributed by atoms with van der Waals surface area (Å²) in [7, 11) is 0. The van der Waals surface area contributed by atoms with Crippen molar-refractivity contribution in [2.24, 2.45) is 5.41 Å². The maximum Gasteiger partial charge on any atom is 0.0167 e. The van der Waals surface area contributed by atoms with Crippen LogP contribution in [0.15, 0.2) is 84.9 Å². The number of hydrogen-bond acceptors (Lipinski definition) is 0. The molecule has 0 spiro atoms. The monoisotopic (exact) mass is 369 g/mol. The van der Waals surface area contributed by atoms with E-state index >= 15 is 0 Å². The second-order valence-corrected chi connectivity index (χ2v) is 8.96. The summed E-state index contributed by atoms with van der Waals surface area (Å²) in [6.07, 6.45) is 2.30. The molecule has 0 aliphatic heterocycles. The van der Waals surface area contributed by atoms with E-state index in [0.717, 1.165) is 6.42 Å². The first-order chi connectivity index (χ1) is 13.4. The van der Waals surface area contributed by atoms with Crippen LogP contribution in [0.5, 0.6) is 0 Å². The second kappa shape index (κ2) is 8.27. The molecule has 28 heavy (non-hydrogen) atoms.